The maximum absolute atomic E-state index is 13.9. The van der Waals surface area contributed by atoms with Gasteiger partial charge in [-0.15, -0.1) is 0 Å². The third kappa shape index (κ3) is 4.50. The van der Waals surface area contributed by atoms with Gasteiger partial charge < -0.3 is 9.64 Å². The summed E-state index contributed by atoms with van der Waals surface area (Å²) in [7, 11) is 0. The molecule has 1 atom stereocenters. The molecule has 1 aliphatic rings. The normalized spacial score (nSPS) is 16.9. The van der Waals surface area contributed by atoms with E-state index in [0.29, 0.717) is 13.2 Å². The molecule has 1 saturated heterocycles. The Hall–Kier alpha value is -1.66. The van der Waals surface area contributed by atoms with E-state index >= 15 is 0 Å². The number of carbonyl (C=O) groups excluding carboxylic acids is 1. The lowest BCUT2D eigenvalue weighted by atomic mass is 10.1. The molecule has 0 spiro atoms. The molecule has 1 amide bonds. The molecule has 4 nitrogen and oxygen atoms in total. The zero-order valence-electron chi connectivity index (χ0n) is 13.4. The fraction of sp³-hybridized carbons (Fsp3) is 0.333. The minimum Gasteiger partial charge on any atom is -0.491 e. The quantitative estimate of drug-likeness (QED) is 0.716. The molecule has 132 valence electrons. The third-order valence-electron chi connectivity index (χ3n) is 4.23. The Labute approximate surface area is 159 Å². The summed E-state index contributed by atoms with van der Waals surface area (Å²) in [6.07, 6.45) is 4.14. The Bertz CT molecular complexity index is 737. The van der Waals surface area contributed by atoms with Gasteiger partial charge in [0, 0.05) is 22.8 Å². The van der Waals surface area contributed by atoms with Gasteiger partial charge in [0.1, 0.15) is 18.2 Å². The number of amides is 1. The van der Waals surface area contributed by atoms with Crippen LogP contribution in [-0.2, 0) is 11.2 Å². The van der Waals surface area contributed by atoms with E-state index < -0.39 is 5.82 Å². The van der Waals surface area contributed by atoms with E-state index in [1.54, 1.807) is 4.90 Å². The fourth-order valence-electron chi connectivity index (χ4n) is 2.92. The number of aromatic nitrogens is 1. The lowest BCUT2D eigenvalue weighted by Gasteiger charge is -2.25. The molecule has 1 aromatic heterocycles. The number of rotatable bonds is 5. The van der Waals surface area contributed by atoms with Crippen molar-refractivity contribution in [3.63, 3.8) is 0 Å². The van der Waals surface area contributed by atoms with Crippen LogP contribution in [0.3, 0.4) is 0 Å². The summed E-state index contributed by atoms with van der Waals surface area (Å²) in [4.78, 5) is 18.0. The number of carbonyl (C=O) groups is 1. The summed E-state index contributed by atoms with van der Waals surface area (Å²) in [5, 5.41) is 0.176. The predicted molar refractivity (Wildman–Crippen MR) is 97.3 cm³/mol. The van der Waals surface area contributed by atoms with Crippen LogP contribution in [0.15, 0.2) is 41.1 Å². The summed E-state index contributed by atoms with van der Waals surface area (Å²) in [5.41, 5.74) is 0.196. The zero-order valence-corrected chi connectivity index (χ0v) is 15.8. The Morgan fingerprint density at radius 2 is 2.12 bits per heavy atom. The second-order valence-electron chi connectivity index (χ2n) is 5.91. The first-order valence-corrected chi connectivity index (χ1v) is 9.17. The van der Waals surface area contributed by atoms with Crippen molar-refractivity contribution in [2.45, 2.75) is 25.3 Å². The number of ether oxygens (including phenoxy) is 1. The molecule has 25 heavy (non-hydrogen) atoms. The molecule has 0 saturated carbocycles. The number of hydrogen-bond donors (Lipinski definition) is 0. The van der Waals surface area contributed by atoms with Crippen molar-refractivity contribution < 1.29 is 13.9 Å². The summed E-state index contributed by atoms with van der Waals surface area (Å²) >= 11 is 9.35. The van der Waals surface area contributed by atoms with Gasteiger partial charge in [-0.25, -0.2) is 4.39 Å². The lowest BCUT2D eigenvalue weighted by molar-refractivity contribution is -0.131. The highest BCUT2D eigenvalue weighted by atomic mass is 79.9. The number of nitrogens with zero attached hydrogens (tertiary/aromatic N) is 2. The first-order valence-electron chi connectivity index (χ1n) is 8.00. The molecule has 3 rings (SSSR count). The van der Waals surface area contributed by atoms with E-state index in [2.05, 4.69) is 20.9 Å². The Morgan fingerprint density at radius 1 is 1.36 bits per heavy atom. The van der Waals surface area contributed by atoms with Crippen molar-refractivity contribution in [2.24, 2.45) is 0 Å². The first kappa shape index (κ1) is 18.1. The predicted octanol–water partition coefficient (Wildman–Crippen LogP) is 4.25. The Balaban J connectivity index is 1.62. The van der Waals surface area contributed by atoms with Gasteiger partial charge in [0.05, 0.1) is 23.7 Å². The van der Waals surface area contributed by atoms with Gasteiger partial charge in [-0.1, -0.05) is 27.5 Å². The second kappa shape index (κ2) is 8.15. The summed E-state index contributed by atoms with van der Waals surface area (Å²) in [6, 6.07) is 7.54. The molecular weight excluding hydrogens is 411 g/mol. The summed E-state index contributed by atoms with van der Waals surface area (Å²) in [6.45, 7) is 1.07. The smallest absolute Gasteiger partial charge is 0.227 e. The molecule has 1 aromatic carbocycles. The highest BCUT2D eigenvalue weighted by Crippen LogP contribution is 2.24. The van der Waals surface area contributed by atoms with Crippen LogP contribution in [0.2, 0.25) is 5.02 Å². The zero-order chi connectivity index (χ0) is 17.8. The van der Waals surface area contributed by atoms with Crippen LogP contribution in [0.25, 0.3) is 0 Å². The highest BCUT2D eigenvalue weighted by Gasteiger charge is 2.30. The SMILES string of the molecule is O=C(Cc1c(F)cncc1Cl)N1CCC[C@H]1COc1ccc(Br)cc1. The van der Waals surface area contributed by atoms with Gasteiger partial charge >= 0.3 is 0 Å². The van der Waals surface area contributed by atoms with Gasteiger partial charge in [0.15, 0.2) is 0 Å². The second-order valence-corrected chi connectivity index (χ2v) is 7.23. The summed E-state index contributed by atoms with van der Waals surface area (Å²) in [5.74, 6) is 0.0577. The Kier molecular flexibility index (Phi) is 5.91. The van der Waals surface area contributed by atoms with Gasteiger partial charge in [-0.3, -0.25) is 9.78 Å². The first-order chi connectivity index (χ1) is 12.0. The molecule has 1 aliphatic heterocycles. The minimum absolute atomic E-state index is 0.0141. The van der Waals surface area contributed by atoms with E-state index in [1.165, 1.54) is 6.20 Å². The monoisotopic (exact) mass is 426 g/mol. The van der Waals surface area contributed by atoms with E-state index in [9.17, 15) is 9.18 Å². The molecule has 1 fully saturated rings. The van der Waals surface area contributed by atoms with Crippen molar-refractivity contribution in [1.29, 1.82) is 0 Å². The minimum atomic E-state index is -0.553. The van der Waals surface area contributed by atoms with Crippen LogP contribution in [0.4, 0.5) is 4.39 Å². The van der Waals surface area contributed by atoms with Gasteiger partial charge in [0.2, 0.25) is 5.91 Å². The van der Waals surface area contributed by atoms with E-state index in [0.717, 1.165) is 29.3 Å². The van der Waals surface area contributed by atoms with Gasteiger partial charge in [-0.05, 0) is 37.1 Å². The van der Waals surface area contributed by atoms with Crippen LogP contribution in [0.5, 0.6) is 5.75 Å². The van der Waals surface area contributed by atoms with Crippen LogP contribution in [-0.4, -0.2) is 35.0 Å². The van der Waals surface area contributed by atoms with Crippen molar-refractivity contribution in [3.05, 3.63) is 57.5 Å². The van der Waals surface area contributed by atoms with Crippen molar-refractivity contribution in [3.8, 4) is 5.75 Å². The number of hydrogen-bond acceptors (Lipinski definition) is 3. The number of halogens is 3. The van der Waals surface area contributed by atoms with Gasteiger partial charge in [-0.2, -0.15) is 0 Å². The molecule has 0 radical (unpaired) electrons. The van der Waals surface area contributed by atoms with Crippen LogP contribution in [0.1, 0.15) is 18.4 Å². The maximum atomic E-state index is 13.9. The van der Waals surface area contributed by atoms with Gasteiger partial charge in [0.25, 0.3) is 0 Å². The highest BCUT2D eigenvalue weighted by molar-refractivity contribution is 9.10. The average Bonchev–Trinajstić information content (AvgIpc) is 3.06. The summed E-state index contributed by atoms with van der Waals surface area (Å²) < 4.78 is 20.6. The molecule has 7 heteroatoms. The number of benzene rings is 1. The van der Waals surface area contributed by atoms with Crippen LogP contribution < -0.4 is 4.74 Å². The number of pyridine rings is 1. The van der Waals surface area contributed by atoms with Crippen LogP contribution >= 0.6 is 27.5 Å². The molecule has 2 aromatic rings. The molecule has 2 heterocycles. The maximum Gasteiger partial charge on any atom is 0.227 e. The van der Waals surface area contributed by atoms with Crippen molar-refractivity contribution in [2.75, 3.05) is 13.2 Å². The largest absolute Gasteiger partial charge is 0.491 e. The third-order valence-corrected chi connectivity index (χ3v) is 5.09. The van der Waals surface area contributed by atoms with Crippen molar-refractivity contribution >= 4 is 33.4 Å². The molecule has 0 aliphatic carbocycles. The molecular formula is C18H17BrClFN2O2. The number of likely N-dealkylation sites (tertiary alicyclic amines) is 1. The van der Waals surface area contributed by atoms with E-state index in [4.69, 9.17) is 16.3 Å². The fourth-order valence-corrected chi connectivity index (χ4v) is 3.40. The van der Waals surface area contributed by atoms with E-state index in [1.807, 2.05) is 24.3 Å². The van der Waals surface area contributed by atoms with Crippen LogP contribution in [0, 0.1) is 5.82 Å². The lowest BCUT2D eigenvalue weighted by Crippen LogP contribution is -2.40. The molecule has 0 N–H and O–H groups in total. The average molecular weight is 428 g/mol. The standard InChI is InChI=1S/C18H17BrClFN2O2/c19-12-3-5-14(6-4-12)25-11-13-2-1-7-23(13)18(24)8-15-16(20)9-22-10-17(15)21/h3-6,9-10,13H,1-2,7-8,11H2/t13-/m0/s1. The Morgan fingerprint density at radius 3 is 2.84 bits per heavy atom. The van der Waals surface area contributed by atoms with E-state index in [-0.39, 0.29) is 29.0 Å². The molecule has 0 unspecified atom stereocenters. The van der Waals surface area contributed by atoms with Crippen molar-refractivity contribution in [1.82, 2.24) is 9.88 Å². The molecule has 0 bridgehead atoms. The topological polar surface area (TPSA) is 42.4 Å².